The van der Waals surface area contributed by atoms with E-state index in [0.717, 1.165) is 26.1 Å². The number of nitrogens with one attached hydrogen (secondary N) is 2. The highest BCUT2D eigenvalue weighted by Gasteiger charge is 2.15. The Bertz CT molecular complexity index is 397. The second-order valence-corrected chi connectivity index (χ2v) is 4.98. The molecule has 5 nitrogen and oxygen atoms in total. The van der Waals surface area contributed by atoms with Gasteiger partial charge in [0.25, 0.3) is 5.91 Å². The van der Waals surface area contributed by atoms with E-state index in [9.17, 15) is 4.79 Å². The lowest BCUT2D eigenvalue weighted by Gasteiger charge is -2.11. The fraction of sp³-hybridized carbons (Fsp3) is 0.643. The highest BCUT2D eigenvalue weighted by molar-refractivity contribution is 5.92. The monoisotopic (exact) mass is 265 g/mol. The molecule has 2 rings (SSSR count). The van der Waals surface area contributed by atoms with Gasteiger partial charge in [-0.2, -0.15) is 0 Å². The Hall–Kier alpha value is -1.33. The smallest absolute Gasteiger partial charge is 0.267 e. The normalized spacial score (nSPS) is 18.7. The summed E-state index contributed by atoms with van der Waals surface area (Å²) in [5, 5.41) is 6.34. The fourth-order valence-electron chi connectivity index (χ4n) is 2.45. The Morgan fingerprint density at radius 2 is 2.53 bits per heavy atom. The number of hydrogen-bond donors (Lipinski definition) is 2. The zero-order valence-corrected chi connectivity index (χ0v) is 11.5. The third-order valence-corrected chi connectivity index (χ3v) is 3.60. The van der Waals surface area contributed by atoms with E-state index in [4.69, 9.17) is 4.74 Å². The van der Waals surface area contributed by atoms with Crippen LogP contribution < -0.4 is 10.6 Å². The minimum atomic E-state index is 0.00654. The van der Waals surface area contributed by atoms with Crippen molar-refractivity contribution in [2.75, 3.05) is 33.4 Å². The van der Waals surface area contributed by atoms with Crippen molar-refractivity contribution in [2.24, 2.45) is 5.92 Å². The third-order valence-electron chi connectivity index (χ3n) is 3.60. The predicted octanol–water partition coefficient (Wildman–Crippen LogP) is 0.864. The Morgan fingerprint density at radius 3 is 3.26 bits per heavy atom. The zero-order chi connectivity index (χ0) is 13.5. The molecule has 0 aliphatic carbocycles. The molecule has 2 N–H and O–H groups in total. The van der Waals surface area contributed by atoms with Crippen molar-refractivity contribution in [1.82, 2.24) is 15.2 Å². The van der Waals surface area contributed by atoms with E-state index in [-0.39, 0.29) is 5.91 Å². The van der Waals surface area contributed by atoms with E-state index in [1.165, 1.54) is 6.42 Å². The molecule has 106 valence electrons. The number of aromatic nitrogens is 1. The molecular formula is C14H23N3O2. The molecule has 1 unspecified atom stereocenters. The van der Waals surface area contributed by atoms with Gasteiger partial charge < -0.3 is 19.9 Å². The zero-order valence-electron chi connectivity index (χ0n) is 11.5. The van der Waals surface area contributed by atoms with Crippen LogP contribution in [0, 0.1) is 5.92 Å². The van der Waals surface area contributed by atoms with Crippen molar-refractivity contribution in [3.8, 4) is 0 Å². The summed E-state index contributed by atoms with van der Waals surface area (Å²) >= 11 is 0. The second kappa shape index (κ2) is 7.31. The molecule has 1 fully saturated rings. The van der Waals surface area contributed by atoms with Crippen LogP contribution in [0.2, 0.25) is 0 Å². The lowest BCUT2D eigenvalue weighted by atomic mass is 10.1. The quantitative estimate of drug-likeness (QED) is 0.769. The molecule has 5 heteroatoms. The molecule has 0 aromatic carbocycles. The maximum atomic E-state index is 12.1. The standard InChI is InChI=1S/C14H23N3O2/c1-19-10-9-17-8-2-3-13(17)14(18)16-7-5-12-4-6-15-11-12/h2-3,8,12,15H,4-7,9-11H2,1H3,(H,16,18). The van der Waals surface area contributed by atoms with Crippen LogP contribution in [0.3, 0.4) is 0 Å². The molecule has 1 aromatic heterocycles. The van der Waals surface area contributed by atoms with Crippen molar-refractivity contribution in [1.29, 1.82) is 0 Å². The minimum Gasteiger partial charge on any atom is -0.383 e. The molecule has 1 aromatic rings. The van der Waals surface area contributed by atoms with E-state index < -0.39 is 0 Å². The Morgan fingerprint density at radius 1 is 1.63 bits per heavy atom. The van der Waals surface area contributed by atoms with E-state index in [0.29, 0.717) is 24.8 Å². The van der Waals surface area contributed by atoms with Gasteiger partial charge in [0, 0.05) is 26.4 Å². The van der Waals surface area contributed by atoms with Gasteiger partial charge in [0.2, 0.25) is 0 Å². The molecule has 19 heavy (non-hydrogen) atoms. The molecule has 0 bridgehead atoms. The summed E-state index contributed by atoms with van der Waals surface area (Å²) in [5.74, 6) is 0.715. The summed E-state index contributed by atoms with van der Waals surface area (Å²) in [6.07, 6.45) is 4.19. The SMILES string of the molecule is COCCn1cccc1C(=O)NCCC1CCNC1. The average Bonchev–Trinajstić information content (AvgIpc) is 3.07. The maximum Gasteiger partial charge on any atom is 0.267 e. The molecule has 1 aliphatic rings. The van der Waals surface area contributed by atoms with Crippen LogP contribution in [0.25, 0.3) is 0 Å². The molecule has 2 heterocycles. The van der Waals surface area contributed by atoms with Crippen molar-refractivity contribution < 1.29 is 9.53 Å². The topological polar surface area (TPSA) is 55.3 Å². The van der Waals surface area contributed by atoms with Gasteiger partial charge >= 0.3 is 0 Å². The van der Waals surface area contributed by atoms with Gasteiger partial charge in [0.1, 0.15) is 5.69 Å². The van der Waals surface area contributed by atoms with Crippen LogP contribution in [0.15, 0.2) is 18.3 Å². The summed E-state index contributed by atoms with van der Waals surface area (Å²) in [5.41, 5.74) is 0.710. The first kappa shape index (κ1) is 14.1. The number of ether oxygens (including phenoxy) is 1. The van der Waals surface area contributed by atoms with Gasteiger partial charge in [-0.1, -0.05) is 0 Å². The van der Waals surface area contributed by atoms with Crippen molar-refractivity contribution in [3.05, 3.63) is 24.0 Å². The lowest BCUT2D eigenvalue weighted by molar-refractivity contribution is 0.0939. The Balaban J connectivity index is 1.77. The number of rotatable bonds is 7. The summed E-state index contributed by atoms with van der Waals surface area (Å²) in [6, 6.07) is 3.74. The summed E-state index contributed by atoms with van der Waals surface area (Å²) in [6.45, 7) is 4.26. The van der Waals surface area contributed by atoms with Crippen molar-refractivity contribution in [2.45, 2.75) is 19.4 Å². The van der Waals surface area contributed by atoms with Gasteiger partial charge in [0.15, 0.2) is 0 Å². The van der Waals surface area contributed by atoms with E-state index >= 15 is 0 Å². The van der Waals surface area contributed by atoms with Crippen LogP contribution in [-0.4, -0.2) is 43.8 Å². The summed E-state index contributed by atoms with van der Waals surface area (Å²) in [4.78, 5) is 12.1. The molecule has 0 radical (unpaired) electrons. The van der Waals surface area contributed by atoms with Crippen LogP contribution >= 0.6 is 0 Å². The first-order chi connectivity index (χ1) is 9.31. The average molecular weight is 265 g/mol. The van der Waals surface area contributed by atoms with E-state index in [1.54, 1.807) is 7.11 Å². The molecule has 0 spiro atoms. The summed E-state index contributed by atoms with van der Waals surface area (Å²) in [7, 11) is 1.67. The maximum absolute atomic E-state index is 12.1. The van der Waals surface area contributed by atoms with Gasteiger partial charge in [-0.15, -0.1) is 0 Å². The van der Waals surface area contributed by atoms with Crippen LogP contribution in [0.1, 0.15) is 23.3 Å². The number of carbonyl (C=O) groups is 1. The molecular weight excluding hydrogens is 242 g/mol. The lowest BCUT2D eigenvalue weighted by Crippen LogP contribution is -2.28. The predicted molar refractivity (Wildman–Crippen MR) is 74.2 cm³/mol. The molecule has 0 saturated carbocycles. The second-order valence-electron chi connectivity index (χ2n) is 4.98. The molecule has 1 saturated heterocycles. The van der Waals surface area contributed by atoms with Gasteiger partial charge in [0.05, 0.1) is 6.61 Å². The van der Waals surface area contributed by atoms with Gasteiger partial charge in [-0.05, 0) is 44.0 Å². The molecule has 1 atom stereocenters. The van der Waals surface area contributed by atoms with Gasteiger partial charge in [-0.25, -0.2) is 0 Å². The highest BCUT2D eigenvalue weighted by atomic mass is 16.5. The first-order valence-corrected chi connectivity index (χ1v) is 6.94. The van der Waals surface area contributed by atoms with Crippen molar-refractivity contribution >= 4 is 5.91 Å². The van der Waals surface area contributed by atoms with Crippen LogP contribution in [-0.2, 0) is 11.3 Å². The molecule has 1 aliphatic heterocycles. The minimum absolute atomic E-state index is 0.00654. The van der Waals surface area contributed by atoms with Crippen molar-refractivity contribution in [3.63, 3.8) is 0 Å². The van der Waals surface area contributed by atoms with E-state index in [1.807, 2.05) is 22.9 Å². The third kappa shape index (κ3) is 4.08. The number of nitrogens with zero attached hydrogens (tertiary/aromatic N) is 1. The highest BCUT2D eigenvalue weighted by Crippen LogP contribution is 2.11. The van der Waals surface area contributed by atoms with Crippen LogP contribution in [0.5, 0.6) is 0 Å². The van der Waals surface area contributed by atoms with E-state index in [2.05, 4.69) is 10.6 Å². The number of hydrogen-bond acceptors (Lipinski definition) is 3. The Labute approximate surface area is 114 Å². The first-order valence-electron chi connectivity index (χ1n) is 6.94. The largest absolute Gasteiger partial charge is 0.383 e. The van der Waals surface area contributed by atoms with Crippen LogP contribution in [0.4, 0.5) is 0 Å². The summed E-state index contributed by atoms with van der Waals surface area (Å²) < 4.78 is 6.97. The number of amides is 1. The molecule has 1 amide bonds. The van der Waals surface area contributed by atoms with Gasteiger partial charge in [-0.3, -0.25) is 4.79 Å². The fourth-order valence-corrected chi connectivity index (χ4v) is 2.45. The Kier molecular flexibility index (Phi) is 5.42. The number of carbonyl (C=O) groups excluding carboxylic acids is 1. The number of methoxy groups -OCH3 is 1.